The van der Waals surface area contributed by atoms with Gasteiger partial charge in [0, 0.05) is 6.61 Å². The minimum absolute atomic E-state index is 0.195. The second-order valence-corrected chi connectivity index (χ2v) is 4.81. The molecule has 0 bridgehead atoms. The summed E-state index contributed by atoms with van der Waals surface area (Å²) in [6.45, 7) is 3.39. The molecule has 3 rings (SSSR count). The second kappa shape index (κ2) is 3.78. The van der Waals surface area contributed by atoms with Crippen LogP contribution in [0.2, 0.25) is 0 Å². The third-order valence-corrected chi connectivity index (χ3v) is 3.40. The molecule has 0 spiro atoms. The van der Waals surface area contributed by atoms with Crippen molar-refractivity contribution in [3.05, 3.63) is 23.8 Å². The van der Waals surface area contributed by atoms with Crippen LogP contribution in [-0.2, 0) is 10.3 Å². The van der Waals surface area contributed by atoms with Gasteiger partial charge in [-0.1, -0.05) is 5.21 Å². The molecule has 2 heterocycles. The summed E-state index contributed by atoms with van der Waals surface area (Å²) in [5.41, 5.74) is 1.47. The number of rotatable bonds is 2. The highest BCUT2D eigenvalue weighted by Gasteiger charge is 2.34. The van der Waals surface area contributed by atoms with Crippen LogP contribution < -0.4 is 0 Å². The number of carbonyl (C=O) groups is 1. The van der Waals surface area contributed by atoms with E-state index in [1.807, 2.05) is 4.68 Å². The van der Waals surface area contributed by atoms with Crippen molar-refractivity contribution >= 4 is 17.0 Å². The van der Waals surface area contributed by atoms with Crippen molar-refractivity contribution < 1.29 is 14.6 Å². The fraction of sp³-hybridized carbons (Fsp3) is 0.417. The molecule has 6 heteroatoms. The van der Waals surface area contributed by atoms with E-state index in [9.17, 15) is 4.79 Å². The van der Waals surface area contributed by atoms with Gasteiger partial charge in [-0.05, 0) is 31.5 Å². The zero-order valence-electron chi connectivity index (χ0n) is 9.96. The molecular formula is C12H13N3O3. The van der Waals surface area contributed by atoms with Gasteiger partial charge in [0.2, 0.25) is 0 Å². The van der Waals surface area contributed by atoms with Crippen molar-refractivity contribution in [1.29, 1.82) is 0 Å². The van der Waals surface area contributed by atoms with Crippen LogP contribution in [0.4, 0.5) is 0 Å². The van der Waals surface area contributed by atoms with E-state index in [4.69, 9.17) is 9.84 Å². The molecule has 1 atom stereocenters. The maximum absolute atomic E-state index is 10.9. The highest BCUT2D eigenvalue weighted by atomic mass is 16.5. The zero-order chi connectivity index (χ0) is 12.8. The molecule has 1 aromatic heterocycles. The van der Waals surface area contributed by atoms with Gasteiger partial charge in [-0.15, -0.1) is 5.10 Å². The van der Waals surface area contributed by atoms with Crippen molar-refractivity contribution in [3.8, 4) is 0 Å². The predicted molar refractivity (Wildman–Crippen MR) is 63.6 cm³/mol. The summed E-state index contributed by atoms with van der Waals surface area (Å²) < 4.78 is 7.25. The molecule has 1 unspecified atom stereocenters. The first-order valence-electron chi connectivity index (χ1n) is 5.77. The Morgan fingerprint density at radius 1 is 1.56 bits per heavy atom. The Bertz CT molecular complexity index is 614. The van der Waals surface area contributed by atoms with Crippen LogP contribution in [-0.4, -0.2) is 39.3 Å². The number of carboxylic acid groups (broad SMARTS) is 1. The predicted octanol–water partition coefficient (Wildman–Crippen LogP) is 1.26. The topological polar surface area (TPSA) is 77.2 Å². The first-order valence-corrected chi connectivity index (χ1v) is 5.77. The number of hydrogen-bond acceptors (Lipinski definition) is 4. The fourth-order valence-electron chi connectivity index (χ4n) is 2.28. The molecule has 6 nitrogen and oxygen atoms in total. The minimum atomic E-state index is -0.957. The zero-order valence-corrected chi connectivity index (χ0v) is 9.96. The Labute approximate surface area is 103 Å². The summed E-state index contributed by atoms with van der Waals surface area (Å²) >= 11 is 0. The Morgan fingerprint density at radius 2 is 2.39 bits per heavy atom. The smallest absolute Gasteiger partial charge is 0.335 e. The van der Waals surface area contributed by atoms with Crippen molar-refractivity contribution in [3.63, 3.8) is 0 Å². The van der Waals surface area contributed by atoms with Gasteiger partial charge in [0.25, 0.3) is 0 Å². The van der Waals surface area contributed by atoms with Gasteiger partial charge in [-0.25, -0.2) is 9.48 Å². The first-order chi connectivity index (χ1) is 8.60. The number of fused-ring (bicyclic) bond motifs is 1. The van der Waals surface area contributed by atoms with E-state index < -0.39 is 5.97 Å². The van der Waals surface area contributed by atoms with E-state index >= 15 is 0 Å². The molecule has 1 aliphatic rings. The average Bonchev–Trinajstić information content (AvgIpc) is 2.94. The largest absolute Gasteiger partial charge is 0.478 e. The Balaban J connectivity index is 2.12. The van der Waals surface area contributed by atoms with Crippen LogP contribution in [0.15, 0.2) is 18.2 Å². The summed E-state index contributed by atoms with van der Waals surface area (Å²) in [5.74, 6) is -0.957. The van der Waals surface area contributed by atoms with Crippen LogP contribution >= 0.6 is 0 Å². The van der Waals surface area contributed by atoms with E-state index in [1.165, 1.54) is 0 Å². The van der Waals surface area contributed by atoms with Crippen LogP contribution in [0.5, 0.6) is 0 Å². The minimum Gasteiger partial charge on any atom is -0.478 e. The number of carboxylic acids is 1. The molecule has 1 saturated heterocycles. The third kappa shape index (κ3) is 1.57. The summed E-state index contributed by atoms with van der Waals surface area (Å²) in [7, 11) is 0. The summed E-state index contributed by atoms with van der Waals surface area (Å²) in [4.78, 5) is 10.9. The Hall–Kier alpha value is -1.95. The standard InChI is InChI=1S/C12H13N3O3/c1-12(4-5-18-7-12)15-10-3-2-8(11(16)17)6-9(10)13-14-15/h2-3,6H,4-5,7H2,1H3,(H,16,17). The first kappa shape index (κ1) is 11.2. The molecule has 18 heavy (non-hydrogen) atoms. The molecule has 1 N–H and O–H groups in total. The summed E-state index contributed by atoms with van der Waals surface area (Å²) in [5, 5.41) is 17.1. The van der Waals surface area contributed by atoms with Crippen molar-refractivity contribution in [2.45, 2.75) is 18.9 Å². The summed E-state index contributed by atoms with van der Waals surface area (Å²) in [6.07, 6.45) is 0.881. The lowest BCUT2D eigenvalue weighted by Crippen LogP contribution is -2.31. The van der Waals surface area contributed by atoms with Crippen LogP contribution in [0.25, 0.3) is 11.0 Å². The van der Waals surface area contributed by atoms with Gasteiger partial charge in [-0.3, -0.25) is 0 Å². The number of nitrogens with zero attached hydrogens (tertiary/aromatic N) is 3. The number of hydrogen-bond donors (Lipinski definition) is 1. The van der Waals surface area contributed by atoms with E-state index in [1.54, 1.807) is 18.2 Å². The van der Waals surface area contributed by atoms with E-state index in [-0.39, 0.29) is 11.1 Å². The molecule has 0 aliphatic carbocycles. The third-order valence-electron chi connectivity index (χ3n) is 3.40. The number of benzene rings is 1. The molecule has 0 radical (unpaired) electrons. The van der Waals surface area contributed by atoms with E-state index in [0.29, 0.717) is 18.7 Å². The molecule has 0 saturated carbocycles. The number of aromatic carboxylic acids is 1. The van der Waals surface area contributed by atoms with E-state index in [2.05, 4.69) is 17.2 Å². The Morgan fingerprint density at radius 3 is 3.06 bits per heavy atom. The van der Waals surface area contributed by atoms with Gasteiger partial charge in [0.05, 0.1) is 23.2 Å². The quantitative estimate of drug-likeness (QED) is 0.864. The molecule has 1 aromatic carbocycles. The van der Waals surface area contributed by atoms with Gasteiger partial charge < -0.3 is 9.84 Å². The van der Waals surface area contributed by atoms with Crippen LogP contribution in [0.1, 0.15) is 23.7 Å². The SMILES string of the molecule is CC1(n2nnc3cc(C(=O)O)ccc32)CCOC1. The highest BCUT2D eigenvalue weighted by molar-refractivity contribution is 5.92. The van der Waals surface area contributed by atoms with Crippen LogP contribution in [0.3, 0.4) is 0 Å². The average molecular weight is 247 g/mol. The van der Waals surface area contributed by atoms with Crippen molar-refractivity contribution in [1.82, 2.24) is 15.0 Å². The van der Waals surface area contributed by atoms with Gasteiger partial charge >= 0.3 is 5.97 Å². The second-order valence-electron chi connectivity index (χ2n) is 4.81. The molecule has 2 aromatic rings. The molecule has 1 aliphatic heterocycles. The van der Waals surface area contributed by atoms with Gasteiger partial charge in [-0.2, -0.15) is 0 Å². The van der Waals surface area contributed by atoms with Gasteiger partial charge in [0.1, 0.15) is 5.52 Å². The van der Waals surface area contributed by atoms with Gasteiger partial charge in [0.15, 0.2) is 0 Å². The molecular weight excluding hydrogens is 234 g/mol. The lowest BCUT2D eigenvalue weighted by molar-refractivity contribution is 0.0697. The lowest BCUT2D eigenvalue weighted by atomic mass is 10.0. The maximum Gasteiger partial charge on any atom is 0.335 e. The number of ether oxygens (including phenoxy) is 1. The maximum atomic E-state index is 10.9. The monoisotopic (exact) mass is 247 g/mol. The normalized spacial score (nSPS) is 23.6. The molecule has 1 fully saturated rings. The summed E-state index contributed by atoms with van der Waals surface area (Å²) in [6, 6.07) is 4.87. The fourth-order valence-corrected chi connectivity index (χ4v) is 2.28. The Kier molecular flexibility index (Phi) is 2.34. The van der Waals surface area contributed by atoms with Crippen molar-refractivity contribution in [2.24, 2.45) is 0 Å². The molecule has 0 amide bonds. The lowest BCUT2D eigenvalue weighted by Gasteiger charge is -2.22. The van der Waals surface area contributed by atoms with Crippen LogP contribution in [0, 0.1) is 0 Å². The highest BCUT2D eigenvalue weighted by Crippen LogP contribution is 2.29. The van der Waals surface area contributed by atoms with Crippen molar-refractivity contribution in [2.75, 3.05) is 13.2 Å². The van der Waals surface area contributed by atoms with E-state index in [0.717, 1.165) is 11.9 Å². The number of aromatic nitrogens is 3. The molecule has 94 valence electrons.